The Hall–Kier alpha value is -1.33. The molecule has 1 heterocycles. The van der Waals surface area contributed by atoms with Gasteiger partial charge < -0.3 is 4.74 Å². The van der Waals surface area contributed by atoms with E-state index in [1.54, 1.807) is 7.11 Å². The van der Waals surface area contributed by atoms with E-state index in [9.17, 15) is 4.79 Å². The number of carbonyl (C=O) groups is 1. The lowest BCUT2D eigenvalue weighted by molar-refractivity contribution is -0.115. The van der Waals surface area contributed by atoms with Gasteiger partial charge in [0.2, 0.25) is 5.91 Å². The summed E-state index contributed by atoms with van der Waals surface area (Å²) in [6.45, 7) is 2.41. The zero-order valence-corrected chi connectivity index (χ0v) is 10.6. The normalized spacial score (nSPS) is 15.8. The van der Waals surface area contributed by atoms with E-state index in [0.29, 0.717) is 12.4 Å². The zero-order chi connectivity index (χ0) is 12.4. The standard InChI is InChI=1S/C12H14N2O2S/c1-8-3-4-9(6-16-2)10(5-8)14-11(15)7-17-12(14)13/h3-5,13H,6-7H2,1-2H3. The van der Waals surface area contributed by atoms with Gasteiger partial charge in [-0.15, -0.1) is 0 Å². The molecule has 90 valence electrons. The van der Waals surface area contributed by atoms with Crippen molar-refractivity contribution in [1.82, 2.24) is 0 Å². The van der Waals surface area contributed by atoms with E-state index in [0.717, 1.165) is 16.8 Å². The molecule has 0 unspecified atom stereocenters. The van der Waals surface area contributed by atoms with Gasteiger partial charge in [-0.2, -0.15) is 0 Å². The Labute approximate surface area is 104 Å². The summed E-state index contributed by atoms with van der Waals surface area (Å²) in [5.74, 6) is 0.307. The number of hydrogen-bond donors (Lipinski definition) is 1. The highest BCUT2D eigenvalue weighted by molar-refractivity contribution is 8.15. The first-order valence-electron chi connectivity index (χ1n) is 5.26. The Kier molecular flexibility index (Phi) is 3.49. The van der Waals surface area contributed by atoms with Crippen LogP contribution in [0.4, 0.5) is 5.69 Å². The first kappa shape index (κ1) is 12.1. The molecule has 0 radical (unpaired) electrons. The number of rotatable bonds is 3. The van der Waals surface area contributed by atoms with Crippen LogP contribution in [-0.4, -0.2) is 23.9 Å². The van der Waals surface area contributed by atoms with E-state index in [2.05, 4.69) is 0 Å². The quantitative estimate of drug-likeness (QED) is 0.894. The Morgan fingerprint density at radius 3 is 2.88 bits per heavy atom. The summed E-state index contributed by atoms with van der Waals surface area (Å²) in [6, 6.07) is 5.85. The highest BCUT2D eigenvalue weighted by Crippen LogP contribution is 2.30. The molecule has 4 nitrogen and oxygen atoms in total. The summed E-state index contributed by atoms with van der Waals surface area (Å²) in [5, 5.41) is 8.09. The molecule has 0 aromatic heterocycles. The molecule has 1 aromatic rings. The average Bonchev–Trinajstić information content (AvgIpc) is 2.62. The number of anilines is 1. The maximum Gasteiger partial charge on any atom is 0.243 e. The molecule has 1 amide bonds. The van der Waals surface area contributed by atoms with Gasteiger partial charge in [-0.1, -0.05) is 23.9 Å². The minimum atomic E-state index is -0.0389. The van der Waals surface area contributed by atoms with Crippen LogP contribution in [0.5, 0.6) is 0 Å². The molecule has 17 heavy (non-hydrogen) atoms. The Balaban J connectivity index is 2.45. The van der Waals surface area contributed by atoms with Crippen LogP contribution >= 0.6 is 11.8 Å². The van der Waals surface area contributed by atoms with Crippen LogP contribution < -0.4 is 4.90 Å². The number of aryl methyl sites for hydroxylation is 1. The maximum absolute atomic E-state index is 11.8. The van der Waals surface area contributed by atoms with Gasteiger partial charge in [0.25, 0.3) is 0 Å². The number of benzene rings is 1. The predicted octanol–water partition coefficient (Wildman–Crippen LogP) is 2.16. The second-order valence-electron chi connectivity index (χ2n) is 3.89. The summed E-state index contributed by atoms with van der Waals surface area (Å²) >= 11 is 1.26. The summed E-state index contributed by atoms with van der Waals surface area (Å²) < 4.78 is 5.12. The van der Waals surface area contributed by atoms with E-state index >= 15 is 0 Å². The topological polar surface area (TPSA) is 53.4 Å². The molecule has 5 heteroatoms. The van der Waals surface area contributed by atoms with Crippen LogP contribution in [-0.2, 0) is 16.1 Å². The number of ether oxygens (including phenoxy) is 1. The first-order chi connectivity index (χ1) is 8.13. The van der Waals surface area contributed by atoms with E-state index in [-0.39, 0.29) is 11.1 Å². The van der Waals surface area contributed by atoms with Crippen molar-refractivity contribution < 1.29 is 9.53 Å². The van der Waals surface area contributed by atoms with Crippen LogP contribution in [0.25, 0.3) is 0 Å². The largest absolute Gasteiger partial charge is 0.380 e. The lowest BCUT2D eigenvalue weighted by atomic mass is 10.1. The SMILES string of the molecule is COCc1ccc(C)cc1N1C(=N)SCC1=O. The van der Waals surface area contributed by atoms with Gasteiger partial charge in [-0.05, 0) is 18.6 Å². The number of carbonyl (C=O) groups excluding carboxylic acids is 1. The molecule has 1 fully saturated rings. The zero-order valence-electron chi connectivity index (χ0n) is 9.82. The molecular formula is C12H14N2O2S. The smallest absolute Gasteiger partial charge is 0.243 e. The van der Waals surface area contributed by atoms with Gasteiger partial charge >= 0.3 is 0 Å². The van der Waals surface area contributed by atoms with Crippen molar-refractivity contribution in [3.05, 3.63) is 29.3 Å². The maximum atomic E-state index is 11.8. The van der Waals surface area contributed by atoms with E-state index in [1.165, 1.54) is 16.7 Å². The first-order valence-corrected chi connectivity index (χ1v) is 6.25. The molecule has 1 saturated heterocycles. The third-order valence-electron chi connectivity index (χ3n) is 2.57. The molecule has 1 N–H and O–H groups in total. The fourth-order valence-electron chi connectivity index (χ4n) is 1.78. The highest BCUT2D eigenvalue weighted by atomic mass is 32.2. The number of nitrogens with one attached hydrogen (secondary N) is 1. The molecular weight excluding hydrogens is 236 g/mol. The number of methoxy groups -OCH3 is 1. The number of nitrogens with zero attached hydrogens (tertiary/aromatic N) is 1. The molecule has 1 aliphatic heterocycles. The summed E-state index contributed by atoms with van der Waals surface area (Å²) in [4.78, 5) is 13.2. The van der Waals surface area contributed by atoms with E-state index in [1.807, 2.05) is 25.1 Å². The molecule has 0 spiro atoms. The van der Waals surface area contributed by atoms with E-state index in [4.69, 9.17) is 10.1 Å². The number of amides is 1. The second-order valence-corrected chi connectivity index (χ2v) is 4.85. The Morgan fingerprint density at radius 2 is 2.29 bits per heavy atom. The lowest BCUT2D eigenvalue weighted by Gasteiger charge is -2.19. The number of thioether (sulfide) groups is 1. The Morgan fingerprint density at radius 1 is 1.53 bits per heavy atom. The minimum Gasteiger partial charge on any atom is -0.380 e. The van der Waals surface area contributed by atoms with Gasteiger partial charge in [0.15, 0.2) is 5.17 Å². The predicted molar refractivity (Wildman–Crippen MR) is 69.6 cm³/mol. The van der Waals surface area contributed by atoms with Crippen molar-refractivity contribution in [1.29, 1.82) is 5.41 Å². The summed E-state index contributed by atoms with van der Waals surface area (Å²) in [7, 11) is 1.62. The monoisotopic (exact) mass is 250 g/mol. The fraction of sp³-hybridized carbons (Fsp3) is 0.333. The molecule has 0 saturated carbocycles. The van der Waals surface area contributed by atoms with Gasteiger partial charge in [0.05, 0.1) is 18.0 Å². The highest BCUT2D eigenvalue weighted by Gasteiger charge is 2.29. The van der Waals surface area contributed by atoms with Crippen molar-refractivity contribution in [2.45, 2.75) is 13.5 Å². The molecule has 1 aliphatic rings. The van der Waals surface area contributed by atoms with Crippen molar-refractivity contribution in [3.63, 3.8) is 0 Å². The third-order valence-corrected chi connectivity index (χ3v) is 3.41. The van der Waals surface area contributed by atoms with Crippen molar-refractivity contribution in [2.75, 3.05) is 17.8 Å². The molecule has 2 rings (SSSR count). The average molecular weight is 250 g/mol. The summed E-state index contributed by atoms with van der Waals surface area (Å²) in [5.41, 5.74) is 2.77. The fourth-order valence-corrected chi connectivity index (χ4v) is 2.49. The number of amidine groups is 1. The minimum absolute atomic E-state index is 0.0389. The molecule has 1 aromatic carbocycles. The molecule has 0 atom stereocenters. The number of hydrogen-bond acceptors (Lipinski definition) is 4. The van der Waals surface area contributed by atoms with Crippen LogP contribution in [0.15, 0.2) is 18.2 Å². The van der Waals surface area contributed by atoms with Crippen molar-refractivity contribution in [3.8, 4) is 0 Å². The van der Waals surface area contributed by atoms with Gasteiger partial charge in [-0.25, -0.2) is 0 Å². The van der Waals surface area contributed by atoms with Crippen LogP contribution in [0, 0.1) is 12.3 Å². The Bertz CT molecular complexity index is 458. The van der Waals surface area contributed by atoms with Crippen molar-refractivity contribution >= 4 is 28.5 Å². The van der Waals surface area contributed by atoms with Crippen molar-refractivity contribution in [2.24, 2.45) is 0 Å². The molecule has 0 aliphatic carbocycles. The van der Waals surface area contributed by atoms with Gasteiger partial charge in [0.1, 0.15) is 0 Å². The van der Waals surface area contributed by atoms with Crippen LogP contribution in [0.3, 0.4) is 0 Å². The lowest BCUT2D eigenvalue weighted by Crippen LogP contribution is -2.29. The van der Waals surface area contributed by atoms with Crippen LogP contribution in [0.1, 0.15) is 11.1 Å². The van der Waals surface area contributed by atoms with E-state index < -0.39 is 0 Å². The van der Waals surface area contributed by atoms with Gasteiger partial charge in [-0.3, -0.25) is 15.1 Å². The summed E-state index contributed by atoms with van der Waals surface area (Å²) in [6.07, 6.45) is 0. The third kappa shape index (κ3) is 2.35. The van der Waals surface area contributed by atoms with Gasteiger partial charge in [0, 0.05) is 12.7 Å². The second kappa shape index (κ2) is 4.89. The molecule has 0 bridgehead atoms. The van der Waals surface area contributed by atoms with Crippen LogP contribution in [0.2, 0.25) is 0 Å².